The molecule has 0 heterocycles. The molecule has 0 N–H and O–H groups in total. The van der Waals surface area contributed by atoms with E-state index in [9.17, 15) is 5.26 Å². The minimum atomic E-state index is -0.602. The van der Waals surface area contributed by atoms with Gasteiger partial charge in [0.05, 0.1) is 35.0 Å². The van der Waals surface area contributed by atoms with E-state index in [1.807, 2.05) is 24.3 Å². The highest BCUT2D eigenvalue weighted by atomic mass is 15.2. The lowest BCUT2D eigenvalue weighted by Gasteiger charge is -2.33. The van der Waals surface area contributed by atoms with E-state index in [0.29, 0.717) is 11.3 Å². The van der Waals surface area contributed by atoms with Gasteiger partial charge >= 0.3 is 0 Å². The fourth-order valence-electron chi connectivity index (χ4n) is 9.52. The minimum Gasteiger partial charge on any atom is -0.310 e. The summed E-state index contributed by atoms with van der Waals surface area (Å²) in [6.07, 6.45) is 0. The monoisotopic (exact) mass is 742 g/mol. The van der Waals surface area contributed by atoms with E-state index in [1.165, 1.54) is 61.2 Å². The molecular formula is C54H38N4. The summed E-state index contributed by atoms with van der Waals surface area (Å²) in [7, 11) is 0. The maximum atomic E-state index is 9.73. The van der Waals surface area contributed by atoms with Crippen LogP contribution >= 0.6 is 0 Å². The van der Waals surface area contributed by atoms with Crippen molar-refractivity contribution in [2.75, 3.05) is 9.80 Å². The Bertz CT molecular complexity index is 3000. The van der Waals surface area contributed by atoms with E-state index in [0.717, 1.165) is 34.1 Å². The number of hydrogen-bond acceptors (Lipinski definition) is 3. The molecule has 0 amide bonds. The summed E-state index contributed by atoms with van der Waals surface area (Å²) in [5, 5.41) is 9.73. The van der Waals surface area contributed by atoms with Gasteiger partial charge in [0, 0.05) is 33.9 Å². The van der Waals surface area contributed by atoms with Gasteiger partial charge < -0.3 is 9.80 Å². The van der Waals surface area contributed by atoms with Crippen molar-refractivity contribution >= 4 is 39.8 Å². The summed E-state index contributed by atoms with van der Waals surface area (Å²) in [6.45, 7) is 14.1. The van der Waals surface area contributed by atoms with Gasteiger partial charge in [-0.15, -0.1) is 0 Å². The first-order valence-electron chi connectivity index (χ1n) is 19.6. The Morgan fingerprint density at radius 2 is 0.966 bits per heavy atom. The summed E-state index contributed by atoms with van der Waals surface area (Å²) >= 11 is 0. The molecule has 0 saturated heterocycles. The number of fused-ring (bicyclic) bond motifs is 10. The van der Waals surface area contributed by atoms with Crippen LogP contribution in [-0.4, -0.2) is 0 Å². The molecule has 0 bridgehead atoms. The molecule has 2 aliphatic rings. The second-order valence-corrected chi connectivity index (χ2v) is 15.3. The number of nitriles is 1. The van der Waals surface area contributed by atoms with E-state index in [-0.39, 0.29) is 0 Å². The lowest BCUT2D eigenvalue weighted by Crippen LogP contribution is -2.26. The quantitative estimate of drug-likeness (QED) is 0.159. The Labute approximate surface area is 340 Å². The number of hydrogen-bond donors (Lipinski definition) is 0. The van der Waals surface area contributed by atoms with Crippen LogP contribution < -0.4 is 9.80 Å². The summed E-state index contributed by atoms with van der Waals surface area (Å²) in [4.78, 5) is 8.41. The van der Waals surface area contributed by atoms with Gasteiger partial charge in [-0.25, -0.2) is 4.85 Å². The molecule has 8 aromatic rings. The van der Waals surface area contributed by atoms with Gasteiger partial charge in [-0.3, -0.25) is 0 Å². The lowest BCUT2D eigenvalue weighted by atomic mass is 9.70. The van der Waals surface area contributed by atoms with Gasteiger partial charge in [0.1, 0.15) is 0 Å². The van der Waals surface area contributed by atoms with Crippen molar-refractivity contribution in [1.82, 2.24) is 0 Å². The van der Waals surface area contributed by atoms with Crippen LogP contribution in [0.4, 0.5) is 39.8 Å². The highest BCUT2D eigenvalue weighted by Gasteiger charge is 2.53. The molecule has 8 aromatic carbocycles. The molecule has 58 heavy (non-hydrogen) atoms. The van der Waals surface area contributed by atoms with Crippen LogP contribution in [0.5, 0.6) is 0 Å². The standard InChI is InChI=1S/C54H38N4/c1-35-19-26-40(27-20-35)57(41-30-24-39(56-4)25-31-41)50-17-9-15-47-52(50)43-11-5-7-13-45(43)54(47)46-14-8-6-12-44(46)53-48(54)16-10-18-51(53)58(42-28-22-38(34-55)23-29-42)49-32-21-36(2)33-37(49)3/h5-33H,1-3H3. The molecule has 2 aliphatic carbocycles. The molecule has 4 nitrogen and oxygen atoms in total. The molecule has 0 aromatic heterocycles. The maximum absolute atomic E-state index is 9.73. The average molecular weight is 743 g/mol. The molecule has 274 valence electrons. The van der Waals surface area contributed by atoms with E-state index in [1.54, 1.807) is 0 Å². The third-order valence-corrected chi connectivity index (χ3v) is 12.0. The third kappa shape index (κ3) is 5.13. The van der Waals surface area contributed by atoms with Crippen molar-refractivity contribution in [1.29, 1.82) is 5.26 Å². The topological polar surface area (TPSA) is 34.6 Å². The van der Waals surface area contributed by atoms with Gasteiger partial charge in [-0.1, -0.05) is 120 Å². The molecule has 0 saturated carbocycles. The molecule has 4 heteroatoms. The Balaban J connectivity index is 1.28. The highest BCUT2D eigenvalue weighted by molar-refractivity contribution is 6.04. The predicted molar refractivity (Wildman–Crippen MR) is 237 cm³/mol. The molecule has 10 rings (SSSR count). The number of rotatable bonds is 6. The number of anilines is 6. The van der Waals surface area contributed by atoms with Crippen molar-refractivity contribution in [3.8, 4) is 28.3 Å². The molecule has 0 aliphatic heterocycles. The minimum absolute atomic E-state index is 0.602. The van der Waals surface area contributed by atoms with Crippen molar-refractivity contribution < 1.29 is 0 Å². The van der Waals surface area contributed by atoms with Gasteiger partial charge in [0.15, 0.2) is 5.69 Å². The summed E-state index contributed by atoms with van der Waals surface area (Å²) in [5.41, 5.74) is 20.3. The van der Waals surface area contributed by atoms with Crippen LogP contribution in [0, 0.1) is 38.7 Å². The molecule has 1 atom stereocenters. The van der Waals surface area contributed by atoms with Crippen molar-refractivity contribution in [3.63, 3.8) is 0 Å². The summed E-state index contributed by atoms with van der Waals surface area (Å²) < 4.78 is 0. The van der Waals surface area contributed by atoms with Crippen molar-refractivity contribution in [2.45, 2.75) is 26.2 Å². The Morgan fingerprint density at radius 3 is 1.52 bits per heavy atom. The van der Waals surface area contributed by atoms with E-state index >= 15 is 0 Å². The normalized spacial score (nSPS) is 14.2. The number of aryl methyl sites for hydroxylation is 3. The first-order chi connectivity index (χ1) is 28.4. The van der Waals surface area contributed by atoms with Crippen molar-refractivity contribution in [2.24, 2.45) is 0 Å². The van der Waals surface area contributed by atoms with E-state index in [2.05, 4.69) is 193 Å². The van der Waals surface area contributed by atoms with Gasteiger partial charge in [0.25, 0.3) is 0 Å². The molecular weight excluding hydrogens is 705 g/mol. The zero-order valence-corrected chi connectivity index (χ0v) is 32.5. The molecule has 0 fully saturated rings. The Morgan fingerprint density at radius 1 is 0.483 bits per heavy atom. The average Bonchev–Trinajstić information content (AvgIpc) is 3.74. The zero-order chi connectivity index (χ0) is 39.5. The SMILES string of the molecule is [C-]#[N+]c1ccc(N(c2ccc(C)cc2)c2cccc3c2-c2ccccc2C32c3ccccc3-c3c(N(c4ccc(C#N)cc4)c4ccc(C)cc4C)cccc32)cc1. The molecule has 1 unspecified atom stereocenters. The first kappa shape index (κ1) is 34.8. The van der Waals surface area contributed by atoms with Gasteiger partial charge in [0.2, 0.25) is 0 Å². The Hall–Kier alpha value is -7.66. The Kier molecular flexibility index (Phi) is 8.11. The second kappa shape index (κ2) is 13.5. The fourth-order valence-corrected chi connectivity index (χ4v) is 9.52. The van der Waals surface area contributed by atoms with Crippen LogP contribution in [0.15, 0.2) is 176 Å². The van der Waals surface area contributed by atoms with Crippen LogP contribution in [0.1, 0.15) is 44.5 Å². The largest absolute Gasteiger partial charge is 0.310 e. The number of benzene rings is 8. The smallest absolute Gasteiger partial charge is 0.187 e. The molecule has 1 spiro atoms. The van der Waals surface area contributed by atoms with E-state index in [4.69, 9.17) is 6.57 Å². The van der Waals surface area contributed by atoms with Crippen LogP contribution in [0.25, 0.3) is 27.1 Å². The summed E-state index contributed by atoms with van der Waals surface area (Å²) in [6, 6.07) is 64.9. The van der Waals surface area contributed by atoms with Gasteiger partial charge in [-0.05, 0) is 126 Å². The number of nitrogens with zero attached hydrogens (tertiary/aromatic N) is 4. The van der Waals surface area contributed by atoms with Gasteiger partial charge in [-0.2, -0.15) is 5.26 Å². The summed E-state index contributed by atoms with van der Waals surface area (Å²) in [5.74, 6) is 0. The van der Waals surface area contributed by atoms with Crippen molar-refractivity contribution in [3.05, 3.63) is 232 Å². The predicted octanol–water partition coefficient (Wildman–Crippen LogP) is 14.3. The van der Waals surface area contributed by atoms with Crippen LogP contribution in [0.2, 0.25) is 0 Å². The van der Waals surface area contributed by atoms with Crippen LogP contribution in [-0.2, 0) is 5.41 Å². The second-order valence-electron chi connectivity index (χ2n) is 15.3. The third-order valence-electron chi connectivity index (χ3n) is 12.0. The molecule has 0 radical (unpaired) electrons. The fraction of sp³-hybridized carbons (Fsp3) is 0.0741. The lowest BCUT2D eigenvalue weighted by molar-refractivity contribution is 0.793. The highest BCUT2D eigenvalue weighted by Crippen LogP contribution is 2.66. The van der Waals surface area contributed by atoms with E-state index < -0.39 is 5.41 Å². The maximum Gasteiger partial charge on any atom is 0.187 e. The first-order valence-corrected chi connectivity index (χ1v) is 19.6. The zero-order valence-electron chi connectivity index (χ0n) is 32.5. The van der Waals surface area contributed by atoms with Crippen LogP contribution in [0.3, 0.4) is 0 Å².